The molecule has 8 heteroatoms. The number of pyridine rings is 1. The van der Waals surface area contributed by atoms with Gasteiger partial charge in [-0.1, -0.05) is 30.3 Å². The van der Waals surface area contributed by atoms with Crippen molar-refractivity contribution in [3.05, 3.63) is 59.2 Å². The molecule has 1 amide bonds. The van der Waals surface area contributed by atoms with Crippen molar-refractivity contribution in [2.24, 2.45) is 7.05 Å². The molecule has 1 aliphatic heterocycles. The van der Waals surface area contributed by atoms with Gasteiger partial charge in [-0.05, 0) is 26.8 Å². The topological polar surface area (TPSA) is 81.7 Å². The van der Waals surface area contributed by atoms with Crippen LogP contribution in [-0.4, -0.2) is 46.9 Å². The van der Waals surface area contributed by atoms with Crippen LogP contribution in [0.3, 0.4) is 0 Å². The maximum atomic E-state index is 13.6. The Balaban J connectivity index is 1.54. The Labute approximate surface area is 174 Å². The molecule has 0 N–H and O–H groups in total. The lowest BCUT2D eigenvalue weighted by Crippen LogP contribution is -2.41. The van der Waals surface area contributed by atoms with Crippen molar-refractivity contribution in [3.63, 3.8) is 0 Å². The lowest BCUT2D eigenvalue weighted by Gasteiger charge is -2.33. The average Bonchev–Trinajstić information content (AvgIpc) is 3.30. The van der Waals surface area contributed by atoms with Gasteiger partial charge in [-0.25, -0.2) is 14.6 Å². The number of amides is 1. The quantitative estimate of drug-likeness (QED) is 0.516. The SMILES string of the molecule is Cc1cc(C(=O)N2CCn3nc(-c4ccccc4)nc3[C@@H]2C)c2c(C)nn(C)c2n1. The summed E-state index contributed by atoms with van der Waals surface area (Å²) >= 11 is 0. The normalized spacial score (nSPS) is 16.1. The summed E-state index contributed by atoms with van der Waals surface area (Å²) in [5.41, 5.74) is 3.96. The molecule has 0 unspecified atom stereocenters. The molecule has 0 radical (unpaired) electrons. The molecule has 0 saturated heterocycles. The molecule has 1 aliphatic rings. The van der Waals surface area contributed by atoms with Gasteiger partial charge < -0.3 is 4.90 Å². The maximum absolute atomic E-state index is 13.6. The Morgan fingerprint density at radius 3 is 2.60 bits per heavy atom. The fourth-order valence-electron chi connectivity index (χ4n) is 4.24. The van der Waals surface area contributed by atoms with Crippen molar-refractivity contribution in [2.45, 2.75) is 33.4 Å². The van der Waals surface area contributed by atoms with Gasteiger partial charge in [-0.15, -0.1) is 0 Å². The molecule has 152 valence electrons. The number of fused-ring (bicyclic) bond motifs is 2. The van der Waals surface area contributed by atoms with E-state index < -0.39 is 0 Å². The Bertz CT molecular complexity index is 1270. The van der Waals surface area contributed by atoms with Crippen molar-refractivity contribution in [1.82, 2.24) is 34.4 Å². The van der Waals surface area contributed by atoms with Crippen molar-refractivity contribution in [3.8, 4) is 11.4 Å². The van der Waals surface area contributed by atoms with Crippen LogP contribution in [0.5, 0.6) is 0 Å². The maximum Gasteiger partial charge on any atom is 0.255 e. The van der Waals surface area contributed by atoms with E-state index in [-0.39, 0.29) is 11.9 Å². The van der Waals surface area contributed by atoms with E-state index in [1.54, 1.807) is 4.68 Å². The lowest BCUT2D eigenvalue weighted by molar-refractivity contribution is 0.0632. The summed E-state index contributed by atoms with van der Waals surface area (Å²) in [5.74, 6) is 1.47. The minimum absolute atomic E-state index is 0.0235. The van der Waals surface area contributed by atoms with Gasteiger partial charge in [0.15, 0.2) is 11.5 Å². The number of carbonyl (C=O) groups is 1. The van der Waals surface area contributed by atoms with E-state index in [4.69, 9.17) is 4.98 Å². The number of hydrogen-bond acceptors (Lipinski definition) is 5. The van der Waals surface area contributed by atoms with E-state index in [1.807, 2.05) is 73.8 Å². The zero-order valence-electron chi connectivity index (χ0n) is 17.5. The molecule has 0 aliphatic carbocycles. The summed E-state index contributed by atoms with van der Waals surface area (Å²) in [6.45, 7) is 7.02. The van der Waals surface area contributed by atoms with Gasteiger partial charge in [0, 0.05) is 24.8 Å². The van der Waals surface area contributed by atoms with E-state index in [9.17, 15) is 4.79 Å². The Hall–Kier alpha value is -3.55. The van der Waals surface area contributed by atoms with Gasteiger partial charge >= 0.3 is 0 Å². The molecule has 0 spiro atoms. The Kier molecular flexibility index (Phi) is 4.16. The fourth-order valence-corrected chi connectivity index (χ4v) is 4.24. The summed E-state index contributed by atoms with van der Waals surface area (Å²) in [7, 11) is 1.85. The predicted molar refractivity (Wildman–Crippen MR) is 113 cm³/mol. The van der Waals surface area contributed by atoms with Gasteiger partial charge in [-0.3, -0.25) is 9.48 Å². The highest BCUT2D eigenvalue weighted by molar-refractivity contribution is 6.06. The first-order valence-electron chi connectivity index (χ1n) is 10.1. The van der Waals surface area contributed by atoms with Crippen LogP contribution in [0.15, 0.2) is 36.4 Å². The third-order valence-electron chi connectivity index (χ3n) is 5.71. The first-order valence-corrected chi connectivity index (χ1v) is 10.1. The largest absolute Gasteiger partial charge is 0.327 e. The predicted octanol–water partition coefficient (Wildman–Crippen LogP) is 3.06. The zero-order valence-corrected chi connectivity index (χ0v) is 17.5. The molecule has 1 atom stereocenters. The number of aryl methyl sites for hydroxylation is 3. The summed E-state index contributed by atoms with van der Waals surface area (Å²) < 4.78 is 3.65. The van der Waals surface area contributed by atoms with Gasteiger partial charge in [-0.2, -0.15) is 10.2 Å². The molecular formula is C22H23N7O. The molecule has 5 rings (SSSR count). The molecule has 0 saturated carbocycles. The highest BCUT2D eigenvalue weighted by Crippen LogP contribution is 2.30. The van der Waals surface area contributed by atoms with Crippen molar-refractivity contribution in [2.75, 3.05) is 6.54 Å². The molecular weight excluding hydrogens is 378 g/mol. The number of carbonyl (C=O) groups excluding carboxylic acids is 1. The zero-order chi connectivity index (χ0) is 21.0. The molecule has 0 bridgehead atoms. The third-order valence-corrected chi connectivity index (χ3v) is 5.71. The van der Waals surface area contributed by atoms with E-state index in [2.05, 4.69) is 15.2 Å². The van der Waals surface area contributed by atoms with Crippen molar-refractivity contribution >= 4 is 16.9 Å². The van der Waals surface area contributed by atoms with Crippen LogP contribution in [0.1, 0.15) is 40.5 Å². The Morgan fingerprint density at radius 1 is 1.07 bits per heavy atom. The number of nitrogens with zero attached hydrogens (tertiary/aromatic N) is 7. The van der Waals surface area contributed by atoms with Gasteiger partial charge in [0.1, 0.15) is 5.82 Å². The second kappa shape index (κ2) is 6.76. The smallest absolute Gasteiger partial charge is 0.255 e. The molecule has 0 fully saturated rings. The third kappa shape index (κ3) is 2.79. The molecule has 3 aromatic heterocycles. The fraction of sp³-hybridized carbons (Fsp3) is 0.318. The number of hydrogen-bond donors (Lipinski definition) is 0. The van der Waals surface area contributed by atoms with Crippen LogP contribution in [0.2, 0.25) is 0 Å². The highest BCUT2D eigenvalue weighted by atomic mass is 16.2. The minimum atomic E-state index is -0.184. The molecule has 1 aromatic carbocycles. The van der Waals surface area contributed by atoms with Gasteiger partial charge in [0.05, 0.1) is 29.2 Å². The Morgan fingerprint density at radius 2 is 1.83 bits per heavy atom. The number of benzene rings is 1. The summed E-state index contributed by atoms with van der Waals surface area (Å²) in [5, 5.41) is 9.95. The van der Waals surface area contributed by atoms with E-state index in [0.29, 0.717) is 24.5 Å². The summed E-state index contributed by atoms with van der Waals surface area (Å²) in [6.07, 6.45) is 0. The van der Waals surface area contributed by atoms with Gasteiger partial charge in [0.25, 0.3) is 5.91 Å². The second-order valence-corrected chi connectivity index (χ2v) is 7.78. The first-order chi connectivity index (χ1) is 14.4. The molecule has 4 aromatic rings. The molecule has 4 heterocycles. The minimum Gasteiger partial charge on any atom is -0.327 e. The van der Waals surface area contributed by atoms with Crippen LogP contribution in [-0.2, 0) is 13.6 Å². The monoisotopic (exact) mass is 401 g/mol. The average molecular weight is 401 g/mol. The van der Waals surface area contributed by atoms with Crippen molar-refractivity contribution in [1.29, 1.82) is 0 Å². The summed E-state index contributed by atoms with van der Waals surface area (Å²) in [6, 6.07) is 11.6. The highest BCUT2D eigenvalue weighted by Gasteiger charge is 2.33. The standard InChI is InChI=1S/C22H23N7O/c1-13-12-17(18-14(2)25-27(4)21(18)23-13)22(30)28-10-11-29-20(15(28)3)24-19(26-29)16-8-6-5-7-9-16/h5-9,12,15H,10-11H2,1-4H3/t15-/m0/s1. The van der Waals surface area contributed by atoms with Gasteiger partial charge in [0.2, 0.25) is 0 Å². The second-order valence-electron chi connectivity index (χ2n) is 7.78. The van der Waals surface area contributed by atoms with Crippen LogP contribution < -0.4 is 0 Å². The van der Waals surface area contributed by atoms with Crippen molar-refractivity contribution < 1.29 is 4.79 Å². The number of aromatic nitrogens is 6. The number of rotatable bonds is 2. The van der Waals surface area contributed by atoms with Crippen LogP contribution >= 0.6 is 0 Å². The lowest BCUT2D eigenvalue weighted by atomic mass is 10.1. The van der Waals surface area contributed by atoms with E-state index >= 15 is 0 Å². The summed E-state index contributed by atoms with van der Waals surface area (Å²) in [4.78, 5) is 24.8. The van der Waals surface area contributed by atoms with Crippen LogP contribution in [0.4, 0.5) is 0 Å². The van der Waals surface area contributed by atoms with Crippen LogP contribution in [0, 0.1) is 13.8 Å². The molecule has 8 nitrogen and oxygen atoms in total. The first kappa shape index (κ1) is 18.5. The van der Waals surface area contributed by atoms with E-state index in [1.165, 1.54) is 0 Å². The van der Waals surface area contributed by atoms with E-state index in [0.717, 1.165) is 33.8 Å². The van der Waals surface area contributed by atoms with Crippen LogP contribution in [0.25, 0.3) is 22.4 Å². The molecule has 30 heavy (non-hydrogen) atoms.